The number of aromatic nitrogens is 1. The van der Waals surface area contributed by atoms with Crippen LogP contribution in [-0.4, -0.2) is 53.1 Å². The number of likely N-dealkylation sites (tertiary alicyclic amines) is 1. The van der Waals surface area contributed by atoms with Crippen molar-refractivity contribution in [3.05, 3.63) is 23.9 Å². The summed E-state index contributed by atoms with van der Waals surface area (Å²) in [6.45, 7) is 5.73. The number of alkyl halides is 3. The van der Waals surface area contributed by atoms with Crippen LogP contribution in [0.2, 0.25) is 0 Å². The zero-order valence-corrected chi connectivity index (χ0v) is 12.4. The minimum Gasteiger partial charge on any atom is -0.471 e. The first-order chi connectivity index (χ1) is 10.3. The quantitative estimate of drug-likeness (QED) is 0.857. The fourth-order valence-electron chi connectivity index (χ4n) is 2.17. The lowest BCUT2D eigenvalue weighted by Gasteiger charge is -2.41. The second-order valence-corrected chi connectivity index (χ2v) is 4.96. The molecule has 1 fully saturated rings. The van der Waals surface area contributed by atoms with Crippen LogP contribution < -0.4 is 4.74 Å². The molecule has 1 aromatic heterocycles. The zero-order valence-electron chi connectivity index (χ0n) is 12.4. The maximum Gasteiger partial charge on any atom is 0.433 e. The first kappa shape index (κ1) is 16.4. The van der Waals surface area contributed by atoms with E-state index in [1.807, 2.05) is 13.8 Å². The van der Waals surface area contributed by atoms with Crippen molar-refractivity contribution in [1.82, 2.24) is 14.8 Å². The zero-order chi connectivity index (χ0) is 16.3. The van der Waals surface area contributed by atoms with Crippen molar-refractivity contribution in [3.8, 4) is 5.88 Å². The lowest BCUT2D eigenvalue weighted by molar-refractivity contribution is -0.141. The van der Waals surface area contributed by atoms with Crippen molar-refractivity contribution in [2.45, 2.75) is 26.1 Å². The van der Waals surface area contributed by atoms with Gasteiger partial charge in [-0.05, 0) is 19.9 Å². The van der Waals surface area contributed by atoms with Gasteiger partial charge in [0.1, 0.15) is 11.8 Å². The van der Waals surface area contributed by atoms with E-state index in [1.54, 1.807) is 9.80 Å². The molecule has 1 aromatic rings. The third-order valence-electron chi connectivity index (χ3n) is 3.45. The number of ether oxygens (including phenoxy) is 1. The van der Waals surface area contributed by atoms with Crippen molar-refractivity contribution in [2.75, 3.05) is 26.2 Å². The van der Waals surface area contributed by atoms with Gasteiger partial charge in [-0.3, -0.25) is 0 Å². The average Bonchev–Trinajstić information content (AvgIpc) is 2.43. The van der Waals surface area contributed by atoms with E-state index in [1.165, 1.54) is 12.1 Å². The second-order valence-electron chi connectivity index (χ2n) is 4.96. The fourth-order valence-corrected chi connectivity index (χ4v) is 2.17. The van der Waals surface area contributed by atoms with Gasteiger partial charge in [-0.1, -0.05) is 6.07 Å². The van der Waals surface area contributed by atoms with Gasteiger partial charge in [0.2, 0.25) is 5.88 Å². The van der Waals surface area contributed by atoms with E-state index in [4.69, 9.17) is 4.74 Å². The van der Waals surface area contributed by atoms with Gasteiger partial charge in [0.25, 0.3) is 0 Å². The highest BCUT2D eigenvalue weighted by atomic mass is 19.4. The Morgan fingerprint density at radius 1 is 1.36 bits per heavy atom. The number of halogens is 3. The molecule has 0 spiro atoms. The summed E-state index contributed by atoms with van der Waals surface area (Å²) in [5.74, 6) is -0.0743. The van der Waals surface area contributed by atoms with Crippen LogP contribution >= 0.6 is 0 Å². The summed E-state index contributed by atoms with van der Waals surface area (Å²) in [5, 5.41) is 0. The van der Waals surface area contributed by atoms with E-state index in [0.717, 1.165) is 6.07 Å². The van der Waals surface area contributed by atoms with Crippen LogP contribution in [0.5, 0.6) is 5.88 Å². The topological polar surface area (TPSA) is 45.7 Å². The Hall–Kier alpha value is -1.99. The van der Waals surface area contributed by atoms with E-state index in [9.17, 15) is 18.0 Å². The molecule has 5 nitrogen and oxygen atoms in total. The lowest BCUT2D eigenvalue weighted by Crippen LogP contribution is -2.59. The predicted octanol–water partition coefficient (Wildman–Crippen LogP) is 2.63. The molecule has 0 aromatic carbocycles. The van der Waals surface area contributed by atoms with Gasteiger partial charge < -0.3 is 14.5 Å². The third-order valence-corrected chi connectivity index (χ3v) is 3.45. The molecule has 0 unspecified atom stereocenters. The number of rotatable bonds is 4. The van der Waals surface area contributed by atoms with Gasteiger partial charge in [0.05, 0.1) is 13.1 Å². The maximum absolute atomic E-state index is 12.6. The highest BCUT2D eigenvalue weighted by Gasteiger charge is 2.36. The van der Waals surface area contributed by atoms with E-state index in [2.05, 4.69) is 4.98 Å². The van der Waals surface area contributed by atoms with E-state index >= 15 is 0 Å². The van der Waals surface area contributed by atoms with Crippen LogP contribution in [0.1, 0.15) is 19.5 Å². The Kier molecular flexibility index (Phi) is 4.77. The SMILES string of the molecule is CCN(CC)C(=O)N1CC(Oc2cccc(C(F)(F)F)n2)C1. The molecule has 122 valence electrons. The van der Waals surface area contributed by atoms with Crippen molar-refractivity contribution >= 4 is 6.03 Å². The van der Waals surface area contributed by atoms with Crippen LogP contribution in [0.4, 0.5) is 18.0 Å². The largest absolute Gasteiger partial charge is 0.471 e. The standard InChI is InChI=1S/C14H18F3N3O2/c1-3-19(4-2)13(21)20-8-10(9-20)22-12-7-5-6-11(18-12)14(15,16)17/h5-7,10H,3-4,8-9H2,1-2H3. The molecule has 0 bridgehead atoms. The number of amides is 2. The average molecular weight is 317 g/mol. The van der Waals surface area contributed by atoms with Crippen LogP contribution in [0.25, 0.3) is 0 Å². The van der Waals surface area contributed by atoms with Crippen LogP contribution in [0, 0.1) is 0 Å². The summed E-state index contributed by atoms with van der Waals surface area (Å²) in [5.41, 5.74) is -0.986. The van der Waals surface area contributed by atoms with E-state index in [0.29, 0.717) is 26.2 Å². The van der Waals surface area contributed by atoms with Crippen molar-refractivity contribution in [2.24, 2.45) is 0 Å². The summed E-state index contributed by atoms with van der Waals surface area (Å²) in [6.07, 6.45) is -4.82. The maximum atomic E-state index is 12.6. The molecule has 1 aliphatic heterocycles. The Labute approximate surface area is 126 Å². The highest BCUT2D eigenvalue weighted by Crippen LogP contribution is 2.29. The molecule has 2 rings (SSSR count). The van der Waals surface area contributed by atoms with Gasteiger partial charge >= 0.3 is 12.2 Å². The molecule has 2 heterocycles. The summed E-state index contributed by atoms with van der Waals surface area (Å²) in [7, 11) is 0. The van der Waals surface area contributed by atoms with Gasteiger partial charge in [-0.2, -0.15) is 13.2 Å². The summed E-state index contributed by atoms with van der Waals surface area (Å²) < 4.78 is 43.1. The Balaban J connectivity index is 1.89. The van der Waals surface area contributed by atoms with Crippen molar-refractivity contribution < 1.29 is 22.7 Å². The van der Waals surface area contributed by atoms with Crippen molar-refractivity contribution in [1.29, 1.82) is 0 Å². The Morgan fingerprint density at radius 2 is 2.00 bits per heavy atom. The molecule has 2 amide bonds. The second kappa shape index (κ2) is 6.41. The van der Waals surface area contributed by atoms with Gasteiger partial charge in [0.15, 0.2) is 0 Å². The smallest absolute Gasteiger partial charge is 0.433 e. The first-order valence-corrected chi connectivity index (χ1v) is 7.09. The Morgan fingerprint density at radius 3 is 2.55 bits per heavy atom. The van der Waals surface area contributed by atoms with Crippen LogP contribution in [0.3, 0.4) is 0 Å². The number of urea groups is 1. The molecule has 0 aliphatic carbocycles. The van der Waals surface area contributed by atoms with Crippen molar-refractivity contribution in [3.63, 3.8) is 0 Å². The molecular weight excluding hydrogens is 299 g/mol. The van der Waals surface area contributed by atoms with Gasteiger partial charge in [0, 0.05) is 19.2 Å². The number of carbonyl (C=O) groups is 1. The molecule has 0 N–H and O–H groups in total. The number of pyridine rings is 1. The minimum atomic E-state index is -4.50. The molecule has 1 saturated heterocycles. The first-order valence-electron chi connectivity index (χ1n) is 7.09. The molecule has 1 aliphatic rings. The molecule has 0 atom stereocenters. The summed E-state index contributed by atoms with van der Waals surface area (Å²) in [4.78, 5) is 18.7. The predicted molar refractivity (Wildman–Crippen MR) is 73.5 cm³/mol. The van der Waals surface area contributed by atoms with Crippen LogP contribution in [0.15, 0.2) is 18.2 Å². The fraction of sp³-hybridized carbons (Fsp3) is 0.571. The highest BCUT2D eigenvalue weighted by molar-refractivity contribution is 5.75. The molecule has 0 saturated carbocycles. The van der Waals surface area contributed by atoms with Gasteiger partial charge in [-0.25, -0.2) is 9.78 Å². The Bertz CT molecular complexity index is 526. The molecular formula is C14H18F3N3O2. The number of hydrogen-bond acceptors (Lipinski definition) is 3. The molecule has 22 heavy (non-hydrogen) atoms. The van der Waals surface area contributed by atoms with Crippen LogP contribution in [-0.2, 0) is 6.18 Å². The number of hydrogen-bond donors (Lipinski definition) is 0. The van der Waals surface area contributed by atoms with E-state index < -0.39 is 11.9 Å². The molecule has 0 radical (unpaired) electrons. The monoisotopic (exact) mass is 317 g/mol. The normalized spacial score (nSPS) is 15.4. The summed E-state index contributed by atoms with van der Waals surface area (Å²) in [6, 6.07) is 3.44. The van der Waals surface area contributed by atoms with E-state index in [-0.39, 0.29) is 18.0 Å². The number of nitrogens with zero attached hydrogens (tertiary/aromatic N) is 3. The lowest BCUT2D eigenvalue weighted by atomic mass is 10.2. The molecule has 8 heteroatoms. The third kappa shape index (κ3) is 3.61. The van der Waals surface area contributed by atoms with Gasteiger partial charge in [-0.15, -0.1) is 0 Å². The summed E-state index contributed by atoms with van der Waals surface area (Å²) >= 11 is 0. The number of carbonyl (C=O) groups excluding carboxylic acids is 1. The minimum absolute atomic E-state index is 0.0743.